The molecule has 0 atom stereocenters. The number of amides is 1. The fourth-order valence-electron chi connectivity index (χ4n) is 2.20. The van der Waals surface area contributed by atoms with Gasteiger partial charge in [0.25, 0.3) is 0 Å². The van der Waals surface area contributed by atoms with E-state index < -0.39 is 5.60 Å². The Labute approximate surface area is 166 Å². The van der Waals surface area contributed by atoms with Crippen molar-refractivity contribution in [1.82, 2.24) is 5.32 Å². The molecule has 7 nitrogen and oxygen atoms in total. The monoisotopic (exact) mass is 393 g/mol. The van der Waals surface area contributed by atoms with Crippen LogP contribution in [0.5, 0.6) is 0 Å². The standard InChI is InChI=1S/C21H31NO6/c1-21(2,3)28-20(25)12-14-26-15-13-22-18(23)10-7-11-19(24)27-16-17-8-5-4-6-9-17/h4-6,8-9H,7,10-16H2,1-3H3,(H,22,23). The van der Waals surface area contributed by atoms with Crippen molar-refractivity contribution in [3.05, 3.63) is 35.9 Å². The third kappa shape index (κ3) is 12.9. The minimum atomic E-state index is -0.501. The summed E-state index contributed by atoms with van der Waals surface area (Å²) in [5, 5.41) is 2.71. The van der Waals surface area contributed by atoms with E-state index >= 15 is 0 Å². The summed E-state index contributed by atoms with van der Waals surface area (Å²) >= 11 is 0. The van der Waals surface area contributed by atoms with Crippen LogP contribution in [0.2, 0.25) is 0 Å². The highest BCUT2D eigenvalue weighted by Crippen LogP contribution is 2.08. The molecule has 0 aliphatic rings. The van der Waals surface area contributed by atoms with E-state index in [1.165, 1.54) is 0 Å². The molecular weight excluding hydrogens is 362 g/mol. The van der Waals surface area contributed by atoms with E-state index in [2.05, 4.69) is 5.32 Å². The van der Waals surface area contributed by atoms with Crippen molar-refractivity contribution in [3.8, 4) is 0 Å². The summed E-state index contributed by atoms with van der Waals surface area (Å²) in [6.07, 6.45) is 1.06. The quantitative estimate of drug-likeness (QED) is 0.434. The van der Waals surface area contributed by atoms with Gasteiger partial charge < -0.3 is 19.5 Å². The highest BCUT2D eigenvalue weighted by atomic mass is 16.6. The molecule has 0 bridgehead atoms. The number of hydrogen-bond donors (Lipinski definition) is 1. The highest BCUT2D eigenvalue weighted by molar-refractivity contribution is 5.77. The number of benzene rings is 1. The summed E-state index contributed by atoms with van der Waals surface area (Å²) in [4.78, 5) is 34.9. The van der Waals surface area contributed by atoms with Gasteiger partial charge in [0.2, 0.25) is 5.91 Å². The third-order valence-electron chi connectivity index (χ3n) is 3.47. The number of rotatable bonds is 12. The lowest BCUT2D eigenvalue weighted by atomic mass is 10.2. The molecule has 7 heteroatoms. The van der Waals surface area contributed by atoms with Crippen LogP contribution in [0.25, 0.3) is 0 Å². The number of nitrogens with one attached hydrogen (secondary N) is 1. The fourth-order valence-corrected chi connectivity index (χ4v) is 2.20. The van der Waals surface area contributed by atoms with Gasteiger partial charge in [0.05, 0.1) is 19.6 Å². The minimum Gasteiger partial charge on any atom is -0.461 e. The van der Waals surface area contributed by atoms with Gasteiger partial charge >= 0.3 is 11.9 Å². The number of carbonyl (C=O) groups is 3. The maximum atomic E-state index is 11.7. The van der Waals surface area contributed by atoms with Crippen molar-refractivity contribution >= 4 is 17.8 Å². The Morgan fingerprint density at radius 3 is 2.32 bits per heavy atom. The van der Waals surface area contributed by atoms with E-state index in [4.69, 9.17) is 14.2 Å². The van der Waals surface area contributed by atoms with Crippen molar-refractivity contribution in [2.75, 3.05) is 19.8 Å². The Kier molecular flexibility index (Phi) is 10.9. The van der Waals surface area contributed by atoms with Crippen LogP contribution in [-0.2, 0) is 35.2 Å². The largest absolute Gasteiger partial charge is 0.461 e. The maximum Gasteiger partial charge on any atom is 0.308 e. The molecule has 156 valence electrons. The molecular formula is C21H31NO6. The van der Waals surface area contributed by atoms with Crippen LogP contribution in [0, 0.1) is 0 Å². The lowest BCUT2D eigenvalue weighted by Gasteiger charge is -2.19. The zero-order valence-corrected chi connectivity index (χ0v) is 17.0. The molecule has 0 spiro atoms. The number of carbonyl (C=O) groups excluding carboxylic acids is 3. The summed E-state index contributed by atoms with van der Waals surface area (Å²) in [5.74, 6) is -0.774. The van der Waals surface area contributed by atoms with Crippen molar-refractivity contribution in [3.63, 3.8) is 0 Å². The highest BCUT2D eigenvalue weighted by Gasteiger charge is 2.15. The molecule has 1 aromatic rings. The number of esters is 2. The molecule has 1 rings (SSSR count). The van der Waals surface area contributed by atoms with Crippen LogP contribution in [0.15, 0.2) is 30.3 Å². The molecule has 0 radical (unpaired) electrons. The average Bonchev–Trinajstić information content (AvgIpc) is 2.62. The fraction of sp³-hybridized carbons (Fsp3) is 0.571. The topological polar surface area (TPSA) is 90.9 Å². The van der Waals surface area contributed by atoms with Gasteiger partial charge in [-0.25, -0.2) is 0 Å². The van der Waals surface area contributed by atoms with Crippen LogP contribution >= 0.6 is 0 Å². The van der Waals surface area contributed by atoms with Crippen molar-refractivity contribution in [2.24, 2.45) is 0 Å². The first-order valence-corrected chi connectivity index (χ1v) is 9.52. The Hall–Kier alpha value is -2.41. The molecule has 1 N–H and O–H groups in total. The Morgan fingerprint density at radius 1 is 0.929 bits per heavy atom. The van der Waals surface area contributed by atoms with Gasteiger partial charge in [-0.3, -0.25) is 14.4 Å². The molecule has 0 heterocycles. The van der Waals surface area contributed by atoms with Crippen LogP contribution in [0.4, 0.5) is 0 Å². The summed E-state index contributed by atoms with van der Waals surface area (Å²) < 4.78 is 15.6. The Morgan fingerprint density at radius 2 is 1.64 bits per heavy atom. The predicted molar refractivity (Wildman–Crippen MR) is 104 cm³/mol. The lowest BCUT2D eigenvalue weighted by molar-refractivity contribution is -0.156. The number of ether oxygens (including phenoxy) is 3. The van der Waals surface area contributed by atoms with Crippen LogP contribution in [0.3, 0.4) is 0 Å². The first-order chi connectivity index (χ1) is 13.3. The van der Waals surface area contributed by atoms with Crippen molar-refractivity contribution < 1.29 is 28.6 Å². The van der Waals surface area contributed by atoms with Crippen molar-refractivity contribution in [1.29, 1.82) is 0 Å². The van der Waals surface area contributed by atoms with Gasteiger partial charge in [-0.1, -0.05) is 30.3 Å². The molecule has 0 saturated carbocycles. The third-order valence-corrected chi connectivity index (χ3v) is 3.47. The Balaban J connectivity index is 1.97. The predicted octanol–water partition coefficient (Wildman–Crippen LogP) is 2.76. The molecule has 1 amide bonds. The zero-order valence-electron chi connectivity index (χ0n) is 17.0. The second-order valence-corrected chi connectivity index (χ2v) is 7.30. The molecule has 0 fully saturated rings. The maximum absolute atomic E-state index is 11.7. The zero-order chi connectivity index (χ0) is 20.8. The van der Waals surface area contributed by atoms with Crippen LogP contribution < -0.4 is 5.32 Å². The molecule has 0 unspecified atom stereocenters. The molecule has 0 aliphatic heterocycles. The minimum absolute atomic E-state index is 0.147. The van der Waals surface area contributed by atoms with Crippen molar-refractivity contribution in [2.45, 2.75) is 58.7 Å². The summed E-state index contributed by atoms with van der Waals surface area (Å²) in [7, 11) is 0. The van der Waals surface area contributed by atoms with Crippen LogP contribution in [-0.4, -0.2) is 43.2 Å². The molecule has 0 aromatic heterocycles. The van der Waals surface area contributed by atoms with Gasteiger partial charge in [-0.15, -0.1) is 0 Å². The van der Waals surface area contributed by atoms with E-state index in [1.54, 1.807) is 0 Å². The molecule has 28 heavy (non-hydrogen) atoms. The molecule has 0 saturated heterocycles. The van der Waals surface area contributed by atoms with Crippen LogP contribution in [0.1, 0.15) is 52.0 Å². The van der Waals surface area contributed by atoms with Gasteiger partial charge in [0.1, 0.15) is 12.2 Å². The van der Waals surface area contributed by atoms with Gasteiger partial charge in [0, 0.05) is 19.4 Å². The molecule has 0 aliphatic carbocycles. The second-order valence-electron chi connectivity index (χ2n) is 7.30. The number of hydrogen-bond acceptors (Lipinski definition) is 6. The van der Waals surface area contributed by atoms with E-state index in [0.29, 0.717) is 19.6 Å². The van der Waals surface area contributed by atoms with E-state index in [9.17, 15) is 14.4 Å². The summed E-state index contributed by atoms with van der Waals surface area (Å²) in [6.45, 7) is 6.59. The van der Waals surface area contributed by atoms with Gasteiger partial charge in [-0.05, 0) is 32.8 Å². The molecule has 1 aromatic carbocycles. The smallest absolute Gasteiger partial charge is 0.308 e. The first-order valence-electron chi connectivity index (χ1n) is 9.52. The van der Waals surface area contributed by atoms with E-state index in [0.717, 1.165) is 5.56 Å². The average molecular weight is 393 g/mol. The second kappa shape index (κ2) is 12.9. The lowest BCUT2D eigenvalue weighted by Crippen LogP contribution is -2.28. The first kappa shape index (κ1) is 23.6. The Bertz CT molecular complexity index is 609. The summed E-state index contributed by atoms with van der Waals surface area (Å²) in [5.41, 5.74) is 0.430. The van der Waals surface area contributed by atoms with E-state index in [-0.39, 0.29) is 50.3 Å². The summed E-state index contributed by atoms with van der Waals surface area (Å²) in [6, 6.07) is 9.44. The normalized spacial score (nSPS) is 11.0. The van der Waals surface area contributed by atoms with E-state index in [1.807, 2.05) is 51.1 Å². The van der Waals surface area contributed by atoms with Gasteiger partial charge in [0.15, 0.2) is 0 Å². The SMILES string of the molecule is CC(C)(C)OC(=O)CCOCCNC(=O)CCCC(=O)OCc1ccccc1. The van der Waals surface area contributed by atoms with Gasteiger partial charge in [-0.2, -0.15) is 0 Å².